The number of hydrogen-bond acceptors (Lipinski definition) is 4. The Hall–Kier alpha value is -1.10. The number of hydrogen-bond donors (Lipinski definition) is 2. The van der Waals surface area contributed by atoms with Gasteiger partial charge in [-0.3, -0.25) is 10.1 Å². The Morgan fingerprint density at radius 2 is 1.84 bits per heavy atom. The average molecular weight is 270 g/mol. The van der Waals surface area contributed by atoms with Crippen LogP contribution in [-0.4, -0.2) is 31.7 Å². The zero-order valence-electron chi connectivity index (χ0n) is 12.4. The van der Waals surface area contributed by atoms with Crippen LogP contribution in [0.3, 0.4) is 0 Å². The molecule has 0 unspecified atom stereocenters. The molecule has 1 aliphatic rings. The lowest BCUT2D eigenvalue weighted by atomic mass is 9.69. The number of alkyl carbamates (subject to hydrolysis) is 1. The minimum atomic E-state index is -0.706. The number of amides is 2. The molecule has 0 saturated heterocycles. The van der Waals surface area contributed by atoms with Gasteiger partial charge >= 0.3 is 6.09 Å². The minimum Gasteiger partial charge on any atom is -0.453 e. The van der Waals surface area contributed by atoms with E-state index in [0.717, 1.165) is 6.42 Å². The molecule has 19 heavy (non-hydrogen) atoms. The number of nitrogens with one attached hydrogen (secondary N) is 2. The molecule has 0 spiro atoms. The van der Waals surface area contributed by atoms with Crippen LogP contribution in [0.15, 0.2) is 0 Å². The zero-order valence-corrected chi connectivity index (χ0v) is 12.4. The highest BCUT2D eigenvalue weighted by atomic mass is 16.5. The fourth-order valence-corrected chi connectivity index (χ4v) is 2.84. The SMILES string of the molecule is COC(=O)NC(=O)CN[C@@H]1CCCC[C@@H]1C(C)(C)C. The maximum absolute atomic E-state index is 11.5. The first-order valence-electron chi connectivity index (χ1n) is 6.95. The van der Waals surface area contributed by atoms with Crippen molar-refractivity contribution in [3.63, 3.8) is 0 Å². The van der Waals surface area contributed by atoms with E-state index in [1.165, 1.54) is 26.4 Å². The molecule has 2 N–H and O–H groups in total. The number of rotatable bonds is 3. The number of methoxy groups -OCH3 is 1. The van der Waals surface area contributed by atoms with Crippen LogP contribution in [0.5, 0.6) is 0 Å². The Balaban J connectivity index is 2.45. The van der Waals surface area contributed by atoms with Gasteiger partial charge in [0.05, 0.1) is 13.7 Å². The van der Waals surface area contributed by atoms with Gasteiger partial charge in [0.15, 0.2) is 0 Å². The largest absolute Gasteiger partial charge is 0.453 e. The van der Waals surface area contributed by atoms with E-state index in [-0.39, 0.29) is 17.9 Å². The highest BCUT2D eigenvalue weighted by Gasteiger charge is 2.33. The maximum Gasteiger partial charge on any atom is 0.413 e. The van der Waals surface area contributed by atoms with Crippen molar-refractivity contribution < 1.29 is 14.3 Å². The Bertz CT molecular complexity index is 323. The van der Waals surface area contributed by atoms with Crippen molar-refractivity contribution in [3.8, 4) is 0 Å². The van der Waals surface area contributed by atoms with Crippen molar-refractivity contribution in [2.75, 3.05) is 13.7 Å². The second-order valence-electron chi connectivity index (χ2n) is 6.28. The molecule has 0 radical (unpaired) electrons. The third kappa shape index (κ3) is 5.19. The molecule has 110 valence electrons. The zero-order chi connectivity index (χ0) is 14.5. The van der Waals surface area contributed by atoms with Gasteiger partial charge in [-0.1, -0.05) is 33.6 Å². The summed E-state index contributed by atoms with van der Waals surface area (Å²) in [4.78, 5) is 22.5. The van der Waals surface area contributed by atoms with Gasteiger partial charge < -0.3 is 10.1 Å². The number of ether oxygens (including phenoxy) is 1. The average Bonchev–Trinajstić information content (AvgIpc) is 2.35. The van der Waals surface area contributed by atoms with E-state index in [9.17, 15) is 9.59 Å². The van der Waals surface area contributed by atoms with Crippen molar-refractivity contribution in [1.29, 1.82) is 0 Å². The molecule has 0 aromatic rings. The molecule has 2 atom stereocenters. The van der Waals surface area contributed by atoms with Crippen molar-refractivity contribution in [3.05, 3.63) is 0 Å². The summed E-state index contributed by atoms with van der Waals surface area (Å²) >= 11 is 0. The van der Waals surface area contributed by atoms with Gasteiger partial charge in [0.25, 0.3) is 0 Å². The summed E-state index contributed by atoms with van der Waals surface area (Å²) in [5.41, 5.74) is 0.233. The summed E-state index contributed by atoms with van der Waals surface area (Å²) in [6.45, 7) is 6.89. The Morgan fingerprint density at radius 3 is 2.42 bits per heavy atom. The van der Waals surface area contributed by atoms with Crippen molar-refractivity contribution in [2.45, 2.75) is 52.5 Å². The van der Waals surface area contributed by atoms with E-state index in [1.807, 2.05) is 0 Å². The van der Waals surface area contributed by atoms with Crippen molar-refractivity contribution in [2.24, 2.45) is 11.3 Å². The first kappa shape index (κ1) is 16.0. The van der Waals surface area contributed by atoms with E-state index < -0.39 is 6.09 Å². The molecule has 0 bridgehead atoms. The van der Waals surface area contributed by atoms with Crippen LogP contribution in [0, 0.1) is 11.3 Å². The first-order chi connectivity index (χ1) is 8.84. The van der Waals surface area contributed by atoms with Gasteiger partial charge in [-0.2, -0.15) is 0 Å². The monoisotopic (exact) mass is 270 g/mol. The van der Waals surface area contributed by atoms with Gasteiger partial charge in [0, 0.05) is 6.04 Å². The minimum absolute atomic E-state index is 0.159. The number of carbonyl (C=O) groups excluding carboxylic acids is 2. The quantitative estimate of drug-likeness (QED) is 0.823. The van der Waals surface area contributed by atoms with Gasteiger partial charge in [-0.25, -0.2) is 4.79 Å². The summed E-state index contributed by atoms with van der Waals surface area (Å²) in [6.07, 6.45) is 4.03. The fraction of sp³-hybridized carbons (Fsp3) is 0.857. The molecule has 0 aromatic carbocycles. The van der Waals surface area contributed by atoms with Crippen LogP contribution in [0.25, 0.3) is 0 Å². The van der Waals surface area contributed by atoms with Crippen molar-refractivity contribution >= 4 is 12.0 Å². The van der Waals surface area contributed by atoms with E-state index in [2.05, 4.69) is 36.1 Å². The molecule has 2 amide bonds. The van der Waals surface area contributed by atoms with E-state index in [1.54, 1.807) is 0 Å². The molecule has 1 fully saturated rings. The molecule has 5 nitrogen and oxygen atoms in total. The van der Waals surface area contributed by atoms with Crippen LogP contribution < -0.4 is 10.6 Å². The third-order valence-electron chi connectivity index (χ3n) is 3.83. The lowest BCUT2D eigenvalue weighted by molar-refractivity contribution is -0.119. The highest BCUT2D eigenvalue weighted by molar-refractivity contribution is 5.92. The normalized spacial score (nSPS) is 23.8. The summed E-state index contributed by atoms with van der Waals surface area (Å²) in [5.74, 6) is 0.220. The topological polar surface area (TPSA) is 67.4 Å². The summed E-state index contributed by atoms with van der Waals surface area (Å²) in [6, 6.07) is 0.345. The van der Waals surface area contributed by atoms with Crippen LogP contribution >= 0.6 is 0 Å². The van der Waals surface area contributed by atoms with Crippen LogP contribution in [0.4, 0.5) is 4.79 Å². The maximum atomic E-state index is 11.5. The molecule has 0 aliphatic heterocycles. The molecular weight excluding hydrogens is 244 g/mol. The van der Waals surface area contributed by atoms with Gasteiger partial charge in [0.2, 0.25) is 5.91 Å². The lowest BCUT2D eigenvalue weighted by Crippen LogP contribution is -2.48. The van der Waals surface area contributed by atoms with Gasteiger partial charge in [-0.15, -0.1) is 0 Å². The Morgan fingerprint density at radius 1 is 1.21 bits per heavy atom. The number of imide groups is 1. The summed E-state index contributed by atoms with van der Waals surface area (Å²) in [7, 11) is 1.24. The predicted octanol–water partition coefficient (Wildman–Crippen LogP) is 2.06. The second-order valence-corrected chi connectivity index (χ2v) is 6.28. The smallest absolute Gasteiger partial charge is 0.413 e. The molecule has 5 heteroatoms. The summed E-state index contributed by atoms with van der Waals surface area (Å²) < 4.78 is 4.39. The Labute approximate surface area is 115 Å². The standard InChI is InChI=1S/C14H26N2O3/c1-14(2,3)10-7-5-6-8-11(10)15-9-12(17)16-13(18)19-4/h10-11,15H,5-9H2,1-4H3,(H,16,17,18)/t10-,11+/m0/s1. The third-order valence-corrected chi connectivity index (χ3v) is 3.83. The Kier molecular flexibility index (Phi) is 5.79. The van der Waals surface area contributed by atoms with Gasteiger partial charge in [-0.05, 0) is 24.2 Å². The second kappa shape index (κ2) is 6.89. The first-order valence-corrected chi connectivity index (χ1v) is 6.95. The van der Waals surface area contributed by atoms with Crippen LogP contribution in [0.2, 0.25) is 0 Å². The fourth-order valence-electron chi connectivity index (χ4n) is 2.84. The van der Waals surface area contributed by atoms with E-state index >= 15 is 0 Å². The van der Waals surface area contributed by atoms with Crippen molar-refractivity contribution in [1.82, 2.24) is 10.6 Å². The highest BCUT2D eigenvalue weighted by Crippen LogP contribution is 2.37. The van der Waals surface area contributed by atoms with Crippen LogP contribution in [-0.2, 0) is 9.53 Å². The van der Waals surface area contributed by atoms with Crippen LogP contribution in [0.1, 0.15) is 46.5 Å². The van der Waals surface area contributed by atoms with E-state index in [0.29, 0.717) is 12.0 Å². The molecular formula is C14H26N2O3. The molecule has 1 saturated carbocycles. The lowest BCUT2D eigenvalue weighted by Gasteiger charge is -2.40. The van der Waals surface area contributed by atoms with Gasteiger partial charge in [0.1, 0.15) is 0 Å². The predicted molar refractivity (Wildman–Crippen MR) is 73.8 cm³/mol. The molecule has 0 heterocycles. The molecule has 1 rings (SSSR count). The number of carbonyl (C=O) groups is 2. The molecule has 0 aromatic heterocycles. The molecule has 1 aliphatic carbocycles. The summed E-state index contributed by atoms with van der Waals surface area (Å²) in [5, 5.41) is 5.45. The van der Waals surface area contributed by atoms with E-state index in [4.69, 9.17) is 0 Å².